The number of ether oxygens (including phenoxy) is 1. The molecule has 1 aromatic heterocycles. The number of hydrogen-bond donors (Lipinski definition) is 1. The Morgan fingerprint density at radius 1 is 1.33 bits per heavy atom. The molecule has 1 aromatic carbocycles. The highest BCUT2D eigenvalue weighted by Gasteiger charge is 2.38. The normalized spacial score (nSPS) is 17.7. The largest absolute Gasteiger partial charge is 0.489 e. The van der Waals surface area contributed by atoms with Crippen molar-refractivity contribution in [1.82, 2.24) is 15.2 Å². The molecular weight excluding hydrogens is 378 g/mol. The first-order valence-corrected chi connectivity index (χ1v) is 10.6. The van der Waals surface area contributed by atoms with Crippen LogP contribution in [0, 0.1) is 0 Å². The molecule has 1 fully saturated rings. The number of carbonyl (C=O) groups is 1. The molecule has 1 saturated heterocycles. The molecule has 1 aliphatic heterocycles. The maximum atomic E-state index is 12.7. The van der Waals surface area contributed by atoms with Crippen molar-refractivity contribution in [2.45, 2.75) is 32.0 Å². The molecule has 27 heavy (non-hydrogen) atoms. The van der Waals surface area contributed by atoms with E-state index in [-0.39, 0.29) is 18.0 Å². The number of nitrogens with one attached hydrogen (secondary N) is 1. The van der Waals surface area contributed by atoms with Crippen LogP contribution in [0.25, 0.3) is 0 Å². The summed E-state index contributed by atoms with van der Waals surface area (Å²) in [5, 5.41) is 3.66. The number of benzene rings is 1. The number of aromatic nitrogens is 1. The fourth-order valence-electron chi connectivity index (χ4n) is 2.99. The van der Waals surface area contributed by atoms with Crippen molar-refractivity contribution in [1.29, 1.82) is 0 Å². The predicted octanol–water partition coefficient (Wildman–Crippen LogP) is 3.56. The summed E-state index contributed by atoms with van der Waals surface area (Å²) < 4.78 is 5.79. The van der Waals surface area contributed by atoms with Crippen LogP contribution in [0.3, 0.4) is 0 Å². The van der Waals surface area contributed by atoms with Crippen LogP contribution in [-0.4, -0.2) is 39.0 Å². The first-order chi connectivity index (χ1) is 13.1. The Kier molecular flexibility index (Phi) is 6.68. The van der Waals surface area contributed by atoms with Gasteiger partial charge in [0, 0.05) is 18.0 Å². The minimum atomic E-state index is -0.213. The highest BCUT2D eigenvalue weighted by Crippen LogP contribution is 2.27. The van der Waals surface area contributed by atoms with E-state index in [0.29, 0.717) is 11.7 Å². The zero-order valence-electron chi connectivity index (χ0n) is 15.4. The van der Waals surface area contributed by atoms with Crippen LogP contribution in [-0.2, 0) is 11.4 Å². The van der Waals surface area contributed by atoms with Gasteiger partial charge in [-0.3, -0.25) is 14.7 Å². The van der Waals surface area contributed by atoms with Gasteiger partial charge in [0.2, 0.25) is 0 Å². The number of thioether (sulfide) groups is 1. The van der Waals surface area contributed by atoms with E-state index in [2.05, 4.69) is 10.3 Å². The van der Waals surface area contributed by atoms with Crippen molar-refractivity contribution in [3.8, 4) is 5.75 Å². The van der Waals surface area contributed by atoms with Gasteiger partial charge in [-0.1, -0.05) is 18.2 Å². The van der Waals surface area contributed by atoms with E-state index in [1.54, 1.807) is 29.1 Å². The molecule has 0 bridgehead atoms. The second-order valence-electron chi connectivity index (χ2n) is 6.39. The molecule has 2 atom stereocenters. The van der Waals surface area contributed by atoms with Gasteiger partial charge in [0.25, 0.3) is 5.91 Å². The van der Waals surface area contributed by atoms with Crippen LogP contribution in [0.5, 0.6) is 5.75 Å². The van der Waals surface area contributed by atoms with Crippen LogP contribution in [0.1, 0.15) is 30.5 Å². The number of rotatable bonds is 8. The van der Waals surface area contributed by atoms with Gasteiger partial charge in [-0.05, 0) is 61.3 Å². The van der Waals surface area contributed by atoms with Gasteiger partial charge < -0.3 is 10.1 Å². The Bertz CT molecular complexity index is 784. The summed E-state index contributed by atoms with van der Waals surface area (Å²) in [6.07, 6.45) is 6.35. The Hall–Kier alpha value is -2.12. The summed E-state index contributed by atoms with van der Waals surface area (Å²) in [7, 11) is 0. The lowest BCUT2D eigenvalue weighted by molar-refractivity contribution is -0.128. The molecule has 0 spiro atoms. The number of thiocarbonyl (C=S) groups is 1. The molecule has 7 heteroatoms. The topological polar surface area (TPSA) is 54.5 Å². The molecule has 2 aromatic rings. The molecule has 2 heterocycles. The third-order valence-corrected chi connectivity index (χ3v) is 5.50. The average molecular weight is 402 g/mol. The minimum Gasteiger partial charge on any atom is -0.489 e. The standard InChI is InChI=1S/C20H23N3O2S2/c1-14(23-19(24)18(9-11-27-2)22-20(23)26)16-5-7-17(8-6-16)25-13-15-4-3-10-21-12-15/h3-8,10,12,14,18H,9,11,13H2,1-2H3,(H,22,26). The monoisotopic (exact) mass is 401 g/mol. The summed E-state index contributed by atoms with van der Waals surface area (Å²) in [6.45, 7) is 2.47. The lowest BCUT2D eigenvalue weighted by Crippen LogP contribution is -2.34. The van der Waals surface area contributed by atoms with Gasteiger partial charge in [-0.2, -0.15) is 11.8 Å². The van der Waals surface area contributed by atoms with E-state index in [1.807, 2.05) is 49.6 Å². The Morgan fingerprint density at radius 2 is 2.11 bits per heavy atom. The highest BCUT2D eigenvalue weighted by atomic mass is 32.2. The van der Waals surface area contributed by atoms with E-state index in [4.69, 9.17) is 17.0 Å². The van der Waals surface area contributed by atoms with Crippen LogP contribution < -0.4 is 10.1 Å². The molecule has 5 nitrogen and oxygen atoms in total. The molecule has 3 rings (SSSR count). The molecule has 0 radical (unpaired) electrons. The van der Waals surface area contributed by atoms with Crippen molar-refractivity contribution < 1.29 is 9.53 Å². The van der Waals surface area contributed by atoms with E-state index < -0.39 is 0 Å². The lowest BCUT2D eigenvalue weighted by Gasteiger charge is -2.24. The van der Waals surface area contributed by atoms with Gasteiger partial charge in [-0.15, -0.1) is 0 Å². The van der Waals surface area contributed by atoms with Crippen molar-refractivity contribution in [3.05, 3.63) is 59.9 Å². The van der Waals surface area contributed by atoms with E-state index in [9.17, 15) is 4.79 Å². The van der Waals surface area contributed by atoms with Crippen LogP contribution >= 0.6 is 24.0 Å². The van der Waals surface area contributed by atoms with E-state index in [1.165, 1.54) is 0 Å². The zero-order chi connectivity index (χ0) is 19.2. The van der Waals surface area contributed by atoms with Crippen molar-refractivity contribution in [2.24, 2.45) is 0 Å². The Morgan fingerprint density at radius 3 is 2.78 bits per heavy atom. The Balaban J connectivity index is 1.62. The zero-order valence-corrected chi connectivity index (χ0v) is 17.1. The fraction of sp³-hybridized carbons (Fsp3) is 0.350. The smallest absolute Gasteiger partial charge is 0.251 e. The van der Waals surface area contributed by atoms with Crippen molar-refractivity contribution >= 4 is 35.0 Å². The SMILES string of the molecule is CSCCC1NC(=S)N(C(C)c2ccc(OCc3cccnc3)cc2)C1=O. The lowest BCUT2D eigenvalue weighted by atomic mass is 10.1. The summed E-state index contributed by atoms with van der Waals surface area (Å²) >= 11 is 7.13. The van der Waals surface area contributed by atoms with Crippen molar-refractivity contribution in [3.63, 3.8) is 0 Å². The molecule has 2 unspecified atom stereocenters. The maximum absolute atomic E-state index is 12.7. The number of nitrogens with zero attached hydrogens (tertiary/aromatic N) is 2. The molecule has 0 saturated carbocycles. The molecule has 1 aliphatic rings. The number of amides is 1. The third kappa shape index (κ3) is 4.78. The van der Waals surface area contributed by atoms with Crippen LogP contribution in [0.15, 0.2) is 48.8 Å². The second kappa shape index (κ2) is 9.19. The summed E-state index contributed by atoms with van der Waals surface area (Å²) in [6, 6.07) is 11.3. The molecular formula is C20H23N3O2S2. The first-order valence-electron chi connectivity index (χ1n) is 8.84. The van der Waals surface area contributed by atoms with Crippen LogP contribution in [0.4, 0.5) is 0 Å². The number of carbonyl (C=O) groups excluding carboxylic acids is 1. The molecule has 142 valence electrons. The highest BCUT2D eigenvalue weighted by molar-refractivity contribution is 7.98. The van der Waals surface area contributed by atoms with Gasteiger partial charge in [0.05, 0.1) is 6.04 Å². The predicted molar refractivity (Wildman–Crippen MR) is 113 cm³/mol. The maximum Gasteiger partial charge on any atom is 0.251 e. The van der Waals surface area contributed by atoms with Gasteiger partial charge in [-0.25, -0.2) is 0 Å². The summed E-state index contributed by atoms with van der Waals surface area (Å²) in [4.78, 5) is 18.5. The minimum absolute atomic E-state index is 0.0541. The first kappa shape index (κ1) is 19.6. The number of pyridine rings is 1. The van der Waals surface area contributed by atoms with Gasteiger partial charge in [0.1, 0.15) is 18.4 Å². The van der Waals surface area contributed by atoms with E-state index in [0.717, 1.165) is 29.1 Å². The summed E-state index contributed by atoms with van der Waals surface area (Å²) in [5.74, 6) is 1.76. The molecule has 1 amide bonds. The molecule has 1 N–H and O–H groups in total. The summed E-state index contributed by atoms with van der Waals surface area (Å²) in [5.41, 5.74) is 2.04. The van der Waals surface area contributed by atoms with Crippen LogP contribution in [0.2, 0.25) is 0 Å². The molecule has 0 aliphatic carbocycles. The van der Waals surface area contributed by atoms with Crippen molar-refractivity contribution in [2.75, 3.05) is 12.0 Å². The average Bonchev–Trinajstić information content (AvgIpc) is 2.98. The van der Waals surface area contributed by atoms with Gasteiger partial charge in [0.15, 0.2) is 5.11 Å². The van der Waals surface area contributed by atoms with E-state index >= 15 is 0 Å². The third-order valence-electron chi connectivity index (χ3n) is 4.54. The fourth-order valence-corrected chi connectivity index (χ4v) is 3.85. The quantitative estimate of drug-likeness (QED) is 0.683. The second-order valence-corrected chi connectivity index (χ2v) is 7.76. The Labute approximate surface area is 169 Å². The number of hydrogen-bond acceptors (Lipinski definition) is 5. The van der Waals surface area contributed by atoms with Gasteiger partial charge >= 0.3 is 0 Å².